The van der Waals surface area contributed by atoms with Gasteiger partial charge in [0.2, 0.25) is 0 Å². The lowest BCUT2D eigenvalue weighted by molar-refractivity contribution is 0.416. The van der Waals surface area contributed by atoms with Crippen LogP contribution in [0.5, 0.6) is 5.75 Å². The van der Waals surface area contributed by atoms with Crippen LogP contribution >= 0.6 is 0 Å². The van der Waals surface area contributed by atoms with Crippen LogP contribution in [-0.2, 0) is 0 Å². The number of H-pyrrole nitrogens is 1. The van der Waals surface area contributed by atoms with E-state index in [1.807, 2.05) is 36.4 Å². The monoisotopic (exact) mass is 239 g/mol. The van der Waals surface area contributed by atoms with E-state index < -0.39 is 0 Å². The molecule has 0 radical (unpaired) electrons. The predicted molar refractivity (Wildman–Crippen MR) is 72.5 cm³/mol. The van der Waals surface area contributed by atoms with Crippen LogP contribution in [0.1, 0.15) is 0 Å². The van der Waals surface area contributed by atoms with Crippen LogP contribution in [0.3, 0.4) is 0 Å². The number of anilines is 1. The Morgan fingerprint density at radius 2 is 2.06 bits per heavy atom. The minimum absolute atomic E-state index is 0.718. The normalized spacial score (nSPS) is 10.7. The van der Waals surface area contributed by atoms with E-state index in [9.17, 15) is 0 Å². The second-order valence-corrected chi connectivity index (χ2v) is 4.09. The summed E-state index contributed by atoms with van der Waals surface area (Å²) < 4.78 is 5.37. The molecule has 0 fully saturated rings. The van der Waals surface area contributed by atoms with Gasteiger partial charge in [-0.05, 0) is 35.9 Å². The van der Waals surface area contributed by atoms with Crippen molar-refractivity contribution in [2.24, 2.45) is 0 Å². The first kappa shape index (κ1) is 10.7. The van der Waals surface area contributed by atoms with Crippen LogP contribution in [0.15, 0.2) is 42.7 Å². The Bertz CT molecular complexity index is 703. The summed E-state index contributed by atoms with van der Waals surface area (Å²) in [6, 6.07) is 11.7. The summed E-state index contributed by atoms with van der Waals surface area (Å²) in [6.07, 6.45) is 1.69. The van der Waals surface area contributed by atoms with Crippen molar-refractivity contribution in [2.45, 2.75) is 0 Å². The number of benzene rings is 2. The molecule has 18 heavy (non-hydrogen) atoms. The summed E-state index contributed by atoms with van der Waals surface area (Å²) in [5.74, 6) is 0.808. The number of methoxy groups -OCH3 is 1. The van der Waals surface area contributed by atoms with E-state index >= 15 is 0 Å². The van der Waals surface area contributed by atoms with Crippen molar-refractivity contribution in [2.75, 3.05) is 12.8 Å². The average Bonchev–Trinajstić information content (AvgIpc) is 2.85. The Morgan fingerprint density at radius 3 is 2.89 bits per heavy atom. The molecule has 0 unspecified atom stereocenters. The number of aromatic nitrogens is 2. The van der Waals surface area contributed by atoms with Crippen LogP contribution in [0, 0.1) is 0 Å². The minimum Gasteiger partial charge on any atom is -0.496 e. The van der Waals surface area contributed by atoms with E-state index in [0.717, 1.165) is 33.6 Å². The zero-order valence-corrected chi connectivity index (χ0v) is 9.97. The molecule has 0 amide bonds. The second-order valence-electron chi connectivity index (χ2n) is 4.09. The van der Waals surface area contributed by atoms with E-state index in [2.05, 4.69) is 9.97 Å². The zero-order chi connectivity index (χ0) is 12.5. The highest BCUT2D eigenvalue weighted by Gasteiger charge is 2.07. The molecular formula is C14H13N3O. The van der Waals surface area contributed by atoms with Crippen LogP contribution in [0.2, 0.25) is 0 Å². The summed E-state index contributed by atoms with van der Waals surface area (Å²) in [5.41, 5.74) is 10.5. The maximum absolute atomic E-state index is 5.84. The van der Waals surface area contributed by atoms with Crippen LogP contribution in [0.4, 0.5) is 5.69 Å². The molecule has 0 aliphatic carbocycles. The molecule has 0 aliphatic heterocycles. The Hall–Kier alpha value is -2.49. The molecule has 90 valence electrons. The molecule has 0 aliphatic rings. The quantitative estimate of drug-likeness (QED) is 0.676. The van der Waals surface area contributed by atoms with Crippen LogP contribution < -0.4 is 10.5 Å². The predicted octanol–water partition coefficient (Wildman–Crippen LogP) is 2.82. The topological polar surface area (TPSA) is 63.9 Å². The van der Waals surface area contributed by atoms with Gasteiger partial charge in [-0.25, -0.2) is 4.98 Å². The van der Waals surface area contributed by atoms with Gasteiger partial charge in [0.15, 0.2) is 0 Å². The summed E-state index contributed by atoms with van der Waals surface area (Å²) in [7, 11) is 1.66. The molecule has 4 heteroatoms. The fourth-order valence-corrected chi connectivity index (χ4v) is 2.05. The van der Waals surface area contributed by atoms with Crippen molar-refractivity contribution >= 4 is 16.7 Å². The largest absolute Gasteiger partial charge is 0.496 e. The highest BCUT2D eigenvalue weighted by molar-refractivity contribution is 5.84. The zero-order valence-electron chi connectivity index (χ0n) is 9.97. The highest BCUT2D eigenvalue weighted by atomic mass is 16.5. The lowest BCUT2D eigenvalue weighted by Gasteiger charge is -2.09. The van der Waals surface area contributed by atoms with Crippen molar-refractivity contribution in [3.8, 4) is 16.9 Å². The molecule has 1 heterocycles. The molecule has 4 nitrogen and oxygen atoms in total. The van der Waals surface area contributed by atoms with Gasteiger partial charge >= 0.3 is 0 Å². The fourth-order valence-electron chi connectivity index (χ4n) is 2.05. The van der Waals surface area contributed by atoms with Crippen LogP contribution in [-0.4, -0.2) is 17.1 Å². The van der Waals surface area contributed by atoms with Crippen molar-refractivity contribution in [3.63, 3.8) is 0 Å². The molecule has 3 N–H and O–H groups in total. The molecule has 0 saturated carbocycles. The Balaban J connectivity index is 2.21. The summed E-state index contributed by atoms with van der Waals surface area (Å²) >= 11 is 0. The maximum Gasteiger partial charge on any atom is 0.126 e. The molecule has 0 atom stereocenters. The van der Waals surface area contributed by atoms with Gasteiger partial charge in [-0.2, -0.15) is 0 Å². The lowest BCUT2D eigenvalue weighted by Crippen LogP contribution is -1.91. The first-order chi connectivity index (χ1) is 8.78. The molecular weight excluding hydrogens is 226 g/mol. The third-order valence-electron chi connectivity index (χ3n) is 2.95. The summed E-state index contributed by atoms with van der Waals surface area (Å²) in [6.45, 7) is 0. The number of rotatable bonds is 2. The SMILES string of the molecule is COc1ccc(N)cc1-c1ccc2nc[nH]c2c1. The van der Waals surface area contributed by atoms with E-state index in [1.165, 1.54) is 0 Å². The number of nitrogens with zero attached hydrogens (tertiary/aromatic N) is 1. The lowest BCUT2D eigenvalue weighted by atomic mass is 10.0. The summed E-state index contributed by atoms with van der Waals surface area (Å²) in [4.78, 5) is 7.30. The number of nitrogens with one attached hydrogen (secondary N) is 1. The Kier molecular flexibility index (Phi) is 2.41. The number of hydrogen-bond donors (Lipinski definition) is 2. The van der Waals surface area contributed by atoms with Crippen molar-refractivity contribution in [3.05, 3.63) is 42.7 Å². The number of hydrogen-bond acceptors (Lipinski definition) is 3. The van der Waals surface area contributed by atoms with E-state index in [4.69, 9.17) is 10.5 Å². The second kappa shape index (κ2) is 4.07. The van der Waals surface area contributed by atoms with Gasteiger partial charge in [0.1, 0.15) is 5.75 Å². The Morgan fingerprint density at radius 1 is 1.17 bits per heavy atom. The third-order valence-corrected chi connectivity index (χ3v) is 2.95. The number of aromatic amines is 1. The number of fused-ring (bicyclic) bond motifs is 1. The molecule has 0 saturated heterocycles. The number of ether oxygens (including phenoxy) is 1. The van der Waals surface area contributed by atoms with E-state index in [-0.39, 0.29) is 0 Å². The van der Waals surface area contributed by atoms with Gasteiger partial charge in [0.25, 0.3) is 0 Å². The third kappa shape index (κ3) is 1.68. The highest BCUT2D eigenvalue weighted by Crippen LogP contribution is 2.32. The molecule has 0 bridgehead atoms. The van der Waals surface area contributed by atoms with Crippen molar-refractivity contribution in [1.29, 1.82) is 0 Å². The number of nitrogens with two attached hydrogens (primary N) is 1. The molecule has 2 aromatic carbocycles. The van der Waals surface area contributed by atoms with E-state index in [1.54, 1.807) is 13.4 Å². The number of nitrogen functional groups attached to an aromatic ring is 1. The van der Waals surface area contributed by atoms with Crippen molar-refractivity contribution < 1.29 is 4.74 Å². The number of imidazole rings is 1. The van der Waals surface area contributed by atoms with Gasteiger partial charge < -0.3 is 15.5 Å². The Labute approximate surface area is 104 Å². The van der Waals surface area contributed by atoms with Gasteiger partial charge in [-0.1, -0.05) is 6.07 Å². The van der Waals surface area contributed by atoms with Gasteiger partial charge in [-0.3, -0.25) is 0 Å². The van der Waals surface area contributed by atoms with Gasteiger partial charge in [0, 0.05) is 11.3 Å². The first-order valence-corrected chi connectivity index (χ1v) is 5.65. The fraction of sp³-hybridized carbons (Fsp3) is 0.0714. The maximum atomic E-state index is 5.84. The minimum atomic E-state index is 0.718. The summed E-state index contributed by atoms with van der Waals surface area (Å²) in [5, 5.41) is 0. The average molecular weight is 239 g/mol. The van der Waals surface area contributed by atoms with Gasteiger partial charge in [0.05, 0.1) is 24.5 Å². The van der Waals surface area contributed by atoms with Crippen molar-refractivity contribution in [1.82, 2.24) is 9.97 Å². The van der Waals surface area contributed by atoms with Crippen LogP contribution in [0.25, 0.3) is 22.2 Å². The van der Waals surface area contributed by atoms with E-state index in [0.29, 0.717) is 0 Å². The first-order valence-electron chi connectivity index (χ1n) is 5.65. The molecule has 3 aromatic rings. The molecule has 1 aromatic heterocycles. The standard InChI is InChI=1S/C14H13N3O/c1-18-14-5-3-10(15)7-11(14)9-2-4-12-13(6-9)17-8-16-12/h2-8H,15H2,1H3,(H,16,17). The van der Waals surface area contributed by atoms with Gasteiger partial charge in [-0.15, -0.1) is 0 Å². The molecule has 0 spiro atoms. The smallest absolute Gasteiger partial charge is 0.126 e. The molecule has 3 rings (SSSR count).